The van der Waals surface area contributed by atoms with Crippen molar-refractivity contribution < 1.29 is 14.3 Å². The molecule has 2 bridgehead atoms. The van der Waals surface area contributed by atoms with Crippen LogP contribution in [0.1, 0.15) is 19.3 Å². The molecule has 2 aliphatic rings. The van der Waals surface area contributed by atoms with Crippen LogP contribution in [0.3, 0.4) is 0 Å². The third kappa shape index (κ3) is 1.25. The highest BCUT2D eigenvalue weighted by atomic mass is 16.5. The lowest BCUT2D eigenvalue weighted by atomic mass is 9.89. The van der Waals surface area contributed by atoms with E-state index < -0.39 is 5.92 Å². The highest BCUT2D eigenvalue weighted by molar-refractivity contribution is 6.00. The number of piperidine rings is 1. The third-order valence-electron chi connectivity index (χ3n) is 3.52. The Morgan fingerprint density at radius 1 is 1.50 bits per heavy atom. The van der Waals surface area contributed by atoms with Crippen molar-refractivity contribution in [2.24, 2.45) is 5.92 Å². The van der Waals surface area contributed by atoms with E-state index in [0.717, 1.165) is 12.8 Å². The van der Waals surface area contributed by atoms with E-state index in [1.807, 2.05) is 7.05 Å². The quantitative estimate of drug-likeness (QED) is 0.445. The number of ether oxygens (including phenoxy) is 1. The van der Waals surface area contributed by atoms with Crippen LogP contribution in [0, 0.1) is 5.92 Å². The molecule has 0 aromatic heterocycles. The van der Waals surface area contributed by atoms with E-state index in [1.165, 1.54) is 7.11 Å². The summed E-state index contributed by atoms with van der Waals surface area (Å²) in [5.74, 6) is -0.849. The largest absolute Gasteiger partial charge is 0.468 e. The fourth-order valence-corrected chi connectivity index (χ4v) is 2.68. The van der Waals surface area contributed by atoms with Crippen LogP contribution in [0.5, 0.6) is 0 Å². The molecule has 0 aromatic rings. The minimum Gasteiger partial charge on any atom is -0.468 e. The topological polar surface area (TPSA) is 46.6 Å². The summed E-state index contributed by atoms with van der Waals surface area (Å²) in [7, 11) is 3.33. The Labute approximate surface area is 83.2 Å². The SMILES string of the molecule is COC(=O)[C@@H]1C(=O)C[C@H]2CC[C@H]1N2C. The molecule has 2 aliphatic heterocycles. The Balaban J connectivity index is 2.22. The standard InChI is InChI=1S/C10H15NO3/c1-11-6-3-4-7(11)9(8(12)5-6)10(13)14-2/h6-7,9H,3-5H2,1-2H3/t6-,7-,9+/m1/s1. The lowest BCUT2D eigenvalue weighted by Gasteiger charge is -2.34. The number of rotatable bonds is 1. The molecule has 0 saturated carbocycles. The molecule has 4 heteroatoms. The maximum absolute atomic E-state index is 11.7. The molecule has 2 rings (SSSR count). The molecule has 0 unspecified atom stereocenters. The molecule has 0 aliphatic carbocycles. The number of esters is 1. The second-order valence-corrected chi connectivity index (χ2v) is 4.14. The summed E-state index contributed by atoms with van der Waals surface area (Å²) in [5.41, 5.74) is 0. The Bertz CT molecular complexity index is 277. The van der Waals surface area contributed by atoms with Gasteiger partial charge in [0.05, 0.1) is 7.11 Å². The smallest absolute Gasteiger partial charge is 0.317 e. The first-order valence-corrected chi connectivity index (χ1v) is 4.97. The fourth-order valence-electron chi connectivity index (χ4n) is 2.68. The summed E-state index contributed by atoms with van der Waals surface area (Å²) in [4.78, 5) is 25.3. The lowest BCUT2D eigenvalue weighted by Crippen LogP contribution is -2.50. The van der Waals surface area contributed by atoms with E-state index in [9.17, 15) is 9.59 Å². The van der Waals surface area contributed by atoms with Gasteiger partial charge in [0.1, 0.15) is 11.7 Å². The van der Waals surface area contributed by atoms with Gasteiger partial charge in [-0.15, -0.1) is 0 Å². The number of carbonyl (C=O) groups excluding carboxylic acids is 2. The summed E-state index contributed by atoms with van der Waals surface area (Å²) in [5, 5.41) is 0. The number of nitrogens with zero attached hydrogens (tertiary/aromatic N) is 1. The summed E-state index contributed by atoms with van der Waals surface area (Å²) in [6.07, 6.45) is 2.47. The molecule has 14 heavy (non-hydrogen) atoms. The number of ketones is 1. The van der Waals surface area contributed by atoms with Gasteiger partial charge >= 0.3 is 5.97 Å². The van der Waals surface area contributed by atoms with Crippen LogP contribution in [0.4, 0.5) is 0 Å². The van der Waals surface area contributed by atoms with E-state index in [-0.39, 0.29) is 17.8 Å². The maximum atomic E-state index is 11.7. The Kier molecular flexibility index (Phi) is 2.31. The van der Waals surface area contributed by atoms with E-state index in [0.29, 0.717) is 12.5 Å². The first kappa shape index (κ1) is 9.65. The molecule has 78 valence electrons. The summed E-state index contributed by atoms with van der Waals surface area (Å²) >= 11 is 0. The van der Waals surface area contributed by atoms with Crippen LogP contribution in [0.15, 0.2) is 0 Å². The average molecular weight is 197 g/mol. The highest BCUT2D eigenvalue weighted by Gasteiger charge is 2.48. The zero-order chi connectivity index (χ0) is 10.3. The molecule has 0 N–H and O–H groups in total. The first-order chi connectivity index (χ1) is 6.65. The highest BCUT2D eigenvalue weighted by Crippen LogP contribution is 2.36. The van der Waals surface area contributed by atoms with Gasteiger partial charge in [-0.1, -0.05) is 0 Å². The van der Waals surface area contributed by atoms with Gasteiger partial charge in [-0.3, -0.25) is 14.5 Å². The fraction of sp³-hybridized carbons (Fsp3) is 0.800. The summed E-state index contributed by atoms with van der Waals surface area (Å²) < 4.78 is 4.67. The van der Waals surface area contributed by atoms with Crippen LogP contribution in [-0.4, -0.2) is 42.9 Å². The molecule has 3 atom stereocenters. The molecular formula is C10H15NO3. The molecule has 0 spiro atoms. The van der Waals surface area contributed by atoms with Gasteiger partial charge in [-0.2, -0.15) is 0 Å². The Morgan fingerprint density at radius 3 is 2.86 bits per heavy atom. The van der Waals surface area contributed by atoms with Crippen LogP contribution in [0.2, 0.25) is 0 Å². The van der Waals surface area contributed by atoms with Crippen molar-refractivity contribution >= 4 is 11.8 Å². The van der Waals surface area contributed by atoms with E-state index in [1.54, 1.807) is 0 Å². The van der Waals surface area contributed by atoms with Crippen molar-refractivity contribution in [3.05, 3.63) is 0 Å². The minimum atomic E-state index is -0.538. The predicted molar refractivity (Wildman–Crippen MR) is 49.7 cm³/mol. The molecule has 2 fully saturated rings. The van der Waals surface area contributed by atoms with Crippen LogP contribution >= 0.6 is 0 Å². The molecule has 0 aromatic carbocycles. The van der Waals surface area contributed by atoms with Crippen molar-refractivity contribution in [3.63, 3.8) is 0 Å². The van der Waals surface area contributed by atoms with Crippen molar-refractivity contribution in [1.29, 1.82) is 0 Å². The van der Waals surface area contributed by atoms with Crippen molar-refractivity contribution in [2.45, 2.75) is 31.3 Å². The number of hydrogen-bond acceptors (Lipinski definition) is 4. The first-order valence-electron chi connectivity index (χ1n) is 4.97. The monoisotopic (exact) mass is 197 g/mol. The second-order valence-electron chi connectivity index (χ2n) is 4.14. The number of carbonyl (C=O) groups is 2. The molecule has 2 saturated heterocycles. The van der Waals surface area contributed by atoms with Gasteiger partial charge < -0.3 is 4.74 Å². The van der Waals surface area contributed by atoms with Gasteiger partial charge in [0, 0.05) is 18.5 Å². The van der Waals surface area contributed by atoms with E-state index in [2.05, 4.69) is 9.64 Å². The lowest BCUT2D eigenvalue weighted by molar-refractivity contribution is -0.154. The molecule has 2 heterocycles. The Morgan fingerprint density at radius 2 is 2.21 bits per heavy atom. The van der Waals surface area contributed by atoms with Crippen molar-refractivity contribution in [1.82, 2.24) is 4.90 Å². The predicted octanol–water partition coefficient (Wildman–Crippen LogP) is 0.211. The number of hydrogen-bond donors (Lipinski definition) is 0. The van der Waals surface area contributed by atoms with Gasteiger partial charge in [-0.05, 0) is 19.9 Å². The van der Waals surface area contributed by atoms with E-state index >= 15 is 0 Å². The zero-order valence-corrected chi connectivity index (χ0v) is 8.53. The molecular weight excluding hydrogens is 182 g/mol. The number of Topliss-reactive ketones (excluding diaryl/α,β-unsaturated/α-hetero) is 1. The zero-order valence-electron chi connectivity index (χ0n) is 8.53. The second kappa shape index (κ2) is 3.35. The molecule has 0 radical (unpaired) electrons. The molecule has 0 amide bonds. The third-order valence-corrected chi connectivity index (χ3v) is 3.52. The van der Waals surface area contributed by atoms with Gasteiger partial charge in [-0.25, -0.2) is 0 Å². The van der Waals surface area contributed by atoms with Crippen molar-refractivity contribution in [2.75, 3.05) is 14.2 Å². The van der Waals surface area contributed by atoms with Gasteiger partial charge in [0.25, 0.3) is 0 Å². The number of methoxy groups -OCH3 is 1. The normalized spacial score (nSPS) is 37.3. The Hall–Kier alpha value is -0.900. The van der Waals surface area contributed by atoms with Crippen LogP contribution < -0.4 is 0 Å². The molecule has 4 nitrogen and oxygen atoms in total. The van der Waals surface area contributed by atoms with Gasteiger partial charge in [0.15, 0.2) is 0 Å². The minimum absolute atomic E-state index is 0.0578. The summed E-state index contributed by atoms with van der Waals surface area (Å²) in [6.45, 7) is 0. The van der Waals surface area contributed by atoms with Crippen molar-refractivity contribution in [3.8, 4) is 0 Å². The van der Waals surface area contributed by atoms with Gasteiger partial charge in [0.2, 0.25) is 0 Å². The van der Waals surface area contributed by atoms with Crippen LogP contribution in [-0.2, 0) is 14.3 Å². The van der Waals surface area contributed by atoms with E-state index in [4.69, 9.17) is 0 Å². The maximum Gasteiger partial charge on any atom is 0.317 e. The van der Waals surface area contributed by atoms with Crippen LogP contribution in [0.25, 0.3) is 0 Å². The number of fused-ring (bicyclic) bond motifs is 2. The average Bonchev–Trinajstić information content (AvgIpc) is 2.42. The summed E-state index contributed by atoms with van der Waals surface area (Å²) in [6, 6.07) is 0.433.